The molecule has 14 heavy (non-hydrogen) atoms. The number of hydrogen-bond donors (Lipinski definition) is 1. The van der Waals surface area contributed by atoms with Crippen LogP contribution in [0, 0.1) is 0 Å². The van der Waals surface area contributed by atoms with E-state index in [1.165, 1.54) is 11.3 Å². The highest BCUT2D eigenvalue weighted by Crippen LogP contribution is 2.10. The van der Waals surface area contributed by atoms with Gasteiger partial charge in [0.05, 0.1) is 0 Å². The van der Waals surface area contributed by atoms with Gasteiger partial charge in [0, 0.05) is 11.4 Å². The second-order valence-corrected chi connectivity index (χ2v) is 3.34. The van der Waals surface area contributed by atoms with Gasteiger partial charge in [0.2, 0.25) is 0 Å². The van der Waals surface area contributed by atoms with Gasteiger partial charge in [-0.2, -0.15) is 0 Å². The third-order valence-corrected chi connectivity index (χ3v) is 2.09. The highest BCUT2D eigenvalue weighted by atomic mass is 14.9. The van der Waals surface area contributed by atoms with E-state index in [1.54, 1.807) is 0 Å². The summed E-state index contributed by atoms with van der Waals surface area (Å²) in [5.41, 5.74) is 3.53. The predicted molar refractivity (Wildman–Crippen MR) is 60.5 cm³/mol. The van der Waals surface area contributed by atoms with Gasteiger partial charge < -0.3 is 5.32 Å². The van der Waals surface area contributed by atoms with Gasteiger partial charge in [-0.3, -0.25) is 0 Å². The lowest BCUT2D eigenvalue weighted by molar-refractivity contribution is 0.999. The van der Waals surface area contributed by atoms with Crippen LogP contribution in [0.25, 0.3) is 6.08 Å². The topological polar surface area (TPSA) is 12.0 Å². The molecule has 1 aliphatic heterocycles. The lowest BCUT2D eigenvalue weighted by atomic mass is 10.1. The molecule has 0 bridgehead atoms. The molecule has 0 fully saturated rings. The molecule has 1 heteroatoms. The first kappa shape index (κ1) is 8.82. The maximum atomic E-state index is 3.30. The van der Waals surface area contributed by atoms with Crippen molar-refractivity contribution < 1.29 is 0 Å². The minimum atomic E-state index is 1.14. The monoisotopic (exact) mass is 183 g/mol. The average molecular weight is 183 g/mol. The number of hydrogen-bond acceptors (Lipinski definition) is 1. The largest absolute Gasteiger partial charge is 0.359 e. The molecule has 0 amide bonds. The molecule has 1 nitrogen and oxygen atoms in total. The van der Waals surface area contributed by atoms with E-state index < -0.39 is 0 Å². The van der Waals surface area contributed by atoms with Gasteiger partial charge in [0.15, 0.2) is 0 Å². The molecule has 0 saturated carbocycles. The molecule has 0 unspecified atom stereocenters. The van der Waals surface area contributed by atoms with Crippen LogP contribution < -0.4 is 5.32 Å². The van der Waals surface area contributed by atoms with Gasteiger partial charge in [-0.25, -0.2) is 0 Å². The molecule has 1 aromatic rings. The smallest absolute Gasteiger partial charge is 0.0387 e. The molecule has 1 N–H and O–H groups in total. The van der Waals surface area contributed by atoms with E-state index in [2.05, 4.69) is 48.7 Å². The highest BCUT2D eigenvalue weighted by Gasteiger charge is 1.97. The van der Waals surface area contributed by atoms with Crippen LogP contribution in [0.5, 0.6) is 0 Å². The fourth-order valence-electron chi connectivity index (χ4n) is 1.42. The second kappa shape index (κ2) is 3.97. The lowest BCUT2D eigenvalue weighted by Crippen LogP contribution is -2.10. The van der Waals surface area contributed by atoms with E-state index in [-0.39, 0.29) is 0 Å². The Kier molecular flexibility index (Phi) is 2.50. The summed E-state index contributed by atoms with van der Waals surface area (Å²) in [5.74, 6) is 0. The Labute approximate surface area is 84.5 Å². The van der Waals surface area contributed by atoms with Crippen LogP contribution in [0.3, 0.4) is 0 Å². The first-order valence-electron chi connectivity index (χ1n) is 4.73. The van der Waals surface area contributed by atoms with Crippen LogP contribution in [0.15, 0.2) is 60.0 Å². The molecule has 0 spiro atoms. The quantitative estimate of drug-likeness (QED) is 0.705. The van der Waals surface area contributed by atoms with Gasteiger partial charge in [-0.15, -0.1) is 0 Å². The fraction of sp³-hybridized carbons (Fsp3) is 0.0769. The Morgan fingerprint density at radius 3 is 2.64 bits per heavy atom. The van der Waals surface area contributed by atoms with Crippen LogP contribution in [0.1, 0.15) is 12.5 Å². The van der Waals surface area contributed by atoms with Gasteiger partial charge in [0.1, 0.15) is 0 Å². The Morgan fingerprint density at radius 2 is 1.93 bits per heavy atom. The zero-order valence-corrected chi connectivity index (χ0v) is 8.20. The van der Waals surface area contributed by atoms with Gasteiger partial charge in [-0.1, -0.05) is 36.4 Å². The zero-order valence-electron chi connectivity index (χ0n) is 8.20. The molecule has 70 valence electrons. The van der Waals surface area contributed by atoms with Crippen molar-refractivity contribution in [2.24, 2.45) is 0 Å². The summed E-state index contributed by atoms with van der Waals surface area (Å²) in [7, 11) is 0. The third kappa shape index (κ3) is 2.13. The molecule has 0 aliphatic carbocycles. The molecule has 1 heterocycles. The third-order valence-electron chi connectivity index (χ3n) is 2.09. The molecule has 1 aliphatic rings. The lowest BCUT2D eigenvalue weighted by Gasteiger charge is -2.10. The second-order valence-electron chi connectivity index (χ2n) is 3.34. The maximum absolute atomic E-state index is 3.30. The van der Waals surface area contributed by atoms with Crippen molar-refractivity contribution >= 4 is 6.08 Å². The number of rotatable bonds is 1. The number of dihydropyridines is 1. The van der Waals surface area contributed by atoms with E-state index in [4.69, 9.17) is 0 Å². The normalized spacial score (nSPS) is 17.8. The molecular weight excluding hydrogens is 170 g/mol. The number of nitrogens with one attached hydrogen (secondary N) is 1. The summed E-state index contributed by atoms with van der Waals surface area (Å²) < 4.78 is 0. The van der Waals surface area contributed by atoms with Gasteiger partial charge >= 0.3 is 0 Å². The van der Waals surface area contributed by atoms with Crippen LogP contribution >= 0.6 is 0 Å². The SMILES string of the molecule is CC1=CC=CC(=Cc2ccccc2)N1. The summed E-state index contributed by atoms with van der Waals surface area (Å²) >= 11 is 0. The van der Waals surface area contributed by atoms with E-state index in [9.17, 15) is 0 Å². The van der Waals surface area contributed by atoms with Crippen molar-refractivity contribution in [3.63, 3.8) is 0 Å². The molecular formula is C13H13N. The Morgan fingerprint density at radius 1 is 1.14 bits per heavy atom. The minimum absolute atomic E-state index is 1.14. The average Bonchev–Trinajstić information content (AvgIpc) is 2.19. The molecule has 0 radical (unpaired) electrons. The standard InChI is InChI=1S/C13H13N/c1-11-6-5-9-13(14-11)10-12-7-3-2-4-8-12/h2-10,14H,1H3. The predicted octanol–water partition coefficient (Wildman–Crippen LogP) is 3.09. The maximum Gasteiger partial charge on any atom is 0.0387 e. The van der Waals surface area contributed by atoms with Crippen LogP contribution in [0.4, 0.5) is 0 Å². The van der Waals surface area contributed by atoms with Gasteiger partial charge in [-0.05, 0) is 30.7 Å². The zero-order chi connectivity index (χ0) is 9.80. The van der Waals surface area contributed by atoms with Crippen molar-refractivity contribution in [1.82, 2.24) is 5.32 Å². The summed E-state index contributed by atoms with van der Waals surface area (Å²) in [6, 6.07) is 10.3. The number of allylic oxidation sites excluding steroid dienone is 4. The van der Waals surface area contributed by atoms with E-state index in [0.717, 1.165) is 5.70 Å². The summed E-state index contributed by atoms with van der Waals surface area (Å²) in [4.78, 5) is 0. The number of benzene rings is 1. The van der Waals surface area contributed by atoms with Crippen molar-refractivity contribution in [3.05, 3.63) is 65.5 Å². The fourth-order valence-corrected chi connectivity index (χ4v) is 1.42. The highest BCUT2D eigenvalue weighted by molar-refractivity contribution is 5.56. The van der Waals surface area contributed by atoms with Gasteiger partial charge in [0.25, 0.3) is 0 Å². The van der Waals surface area contributed by atoms with Crippen LogP contribution in [-0.4, -0.2) is 0 Å². The van der Waals surface area contributed by atoms with Crippen LogP contribution in [-0.2, 0) is 0 Å². The van der Waals surface area contributed by atoms with Crippen LogP contribution in [0.2, 0.25) is 0 Å². The van der Waals surface area contributed by atoms with Crippen molar-refractivity contribution in [2.75, 3.05) is 0 Å². The summed E-state index contributed by atoms with van der Waals surface area (Å²) in [6.45, 7) is 2.06. The Hall–Kier alpha value is -1.76. The van der Waals surface area contributed by atoms with Crippen molar-refractivity contribution in [3.8, 4) is 0 Å². The molecule has 2 rings (SSSR count). The van der Waals surface area contributed by atoms with Crippen molar-refractivity contribution in [2.45, 2.75) is 6.92 Å². The van der Waals surface area contributed by atoms with E-state index in [1.807, 2.05) is 18.2 Å². The molecule has 0 saturated heterocycles. The van der Waals surface area contributed by atoms with E-state index in [0.29, 0.717) is 0 Å². The molecule has 1 aromatic carbocycles. The Bertz CT molecular complexity index is 397. The summed E-state index contributed by atoms with van der Waals surface area (Å²) in [5, 5.41) is 3.30. The summed E-state index contributed by atoms with van der Waals surface area (Å²) in [6.07, 6.45) is 8.32. The van der Waals surface area contributed by atoms with Crippen molar-refractivity contribution in [1.29, 1.82) is 0 Å². The first-order chi connectivity index (χ1) is 6.84. The molecule has 0 atom stereocenters. The molecule has 0 aromatic heterocycles. The minimum Gasteiger partial charge on any atom is -0.359 e. The van der Waals surface area contributed by atoms with E-state index >= 15 is 0 Å². The Balaban J connectivity index is 2.21. The first-order valence-corrected chi connectivity index (χ1v) is 4.73.